The zero-order valence-electron chi connectivity index (χ0n) is 44.1. The van der Waals surface area contributed by atoms with Gasteiger partial charge in [0.1, 0.15) is 54.9 Å². The fourth-order valence-electron chi connectivity index (χ4n) is 15.1. The lowest BCUT2D eigenvalue weighted by Gasteiger charge is -2.73. The summed E-state index contributed by atoms with van der Waals surface area (Å²) >= 11 is 0. The van der Waals surface area contributed by atoms with E-state index >= 15 is 0 Å². The topological polar surface area (TPSA) is 315 Å². The van der Waals surface area contributed by atoms with Gasteiger partial charge in [0.2, 0.25) is 0 Å². The van der Waals surface area contributed by atoms with Gasteiger partial charge in [-0.05, 0) is 87.4 Å². The number of hydrogen-bond donors (Lipinski definition) is 9. The molecule has 5 aliphatic carbocycles. The lowest BCUT2D eigenvalue weighted by molar-refractivity contribution is -0.358. The quantitative estimate of drug-likeness (QED) is 0.0419. The van der Waals surface area contributed by atoms with E-state index in [4.69, 9.17) is 33.2 Å². The number of aliphatic carboxylic acids is 1. The molecule has 23 atom stereocenters. The van der Waals surface area contributed by atoms with Crippen LogP contribution in [0.1, 0.15) is 121 Å². The first-order chi connectivity index (χ1) is 34.0. The van der Waals surface area contributed by atoms with Crippen molar-refractivity contribution in [2.24, 2.45) is 56.2 Å². The summed E-state index contributed by atoms with van der Waals surface area (Å²) in [6, 6.07) is 0. The minimum absolute atomic E-state index is 0.196. The Hall–Kier alpha value is -3.12. The Balaban J connectivity index is 1.26. The van der Waals surface area contributed by atoms with Gasteiger partial charge in [-0.1, -0.05) is 73.1 Å². The van der Waals surface area contributed by atoms with Crippen molar-refractivity contribution in [1.82, 2.24) is 0 Å². The normalized spacial score (nSPS) is 47.8. The predicted octanol–water partition coefficient (Wildman–Crippen LogP) is 2.06. The number of allylic oxidation sites excluding steroid dienone is 2. The van der Waals surface area contributed by atoms with Crippen molar-refractivity contribution in [2.45, 2.75) is 207 Å². The number of carboxylic acids is 1. The zero-order valence-corrected chi connectivity index (χ0v) is 44.1. The van der Waals surface area contributed by atoms with Crippen molar-refractivity contribution in [3.63, 3.8) is 0 Å². The van der Waals surface area contributed by atoms with E-state index in [1.54, 1.807) is 26.8 Å². The fraction of sp³-hybridized carbons (Fsp3) is 0.849. The average molecular weight is 1040 g/mol. The highest BCUT2D eigenvalue weighted by atomic mass is 16.7. The lowest BCUT2D eigenvalue weighted by Crippen LogP contribution is -2.77. The van der Waals surface area contributed by atoms with Gasteiger partial charge >= 0.3 is 23.9 Å². The second-order valence-electron chi connectivity index (χ2n) is 24.0. The summed E-state index contributed by atoms with van der Waals surface area (Å²) in [4.78, 5) is 53.5. The minimum Gasteiger partial charge on any atom is -0.479 e. The molecule has 7 rings (SSSR count). The molecular weight excluding hydrogens is 957 g/mol. The van der Waals surface area contributed by atoms with Crippen LogP contribution in [0, 0.1) is 56.2 Å². The highest BCUT2D eigenvalue weighted by Crippen LogP contribution is 2.76. The van der Waals surface area contributed by atoms with Gasteiger partial charge in [-0.3, -0.25) is 9.59 Å². The molecule has 0 aromatic carbocycles. The van der Waals surface area contributed by atoms with E-state index in [-0.39, 0.29) is 24.7 Å². The van der Waals surface area contributed by atoms with Crippen LogP contribution in [0.25, 0.3) is 0 Å². The fourth-order valence-corrected chi connectivity index (χ4v) is 15.1. The second-order valence-corrected chi connectivity index (χ2v) is 24.0. The molecule has 0 spiro atoms. The average Bonchev–Trinajstić information content (AvgIpc) is 3.33. The third-order valence-electron chi connectivity index (χ3n) is 19.9. The highest BCUT2D eigenvalue weighted by Gasteiger charge is 2.77. The lowest BCUT2D eigenvalue weighted by atomic mass is 9.32. The molecule has 0 aromatic rings. The Morgan fingerprint density at radius 1 is 0.808 bits per heavy atom. The van der Waals surface area contributed by atoms with Gasteiger partial charge in [-0.2, -0.15) is 0 Å². The van der Waals surface area contributed by atoms with Gasteiger partial charge in [0.05, 0.1) is 37.3 Å². The molecule has 6 fully saturated rings. The molecule has 0 amide bonds. The highest BCUT2D eigenvalue weighted by molar-refractivity contribution is 5.88. The van der Waals surface area contributed by atoms with Crippen LogP contribution >= 0.6 is 0 Å². The molecular formula is C53H82O20. The number of hydrogen-bond acceptors (Lipinski definition) is 19. The van der Waals surface area contributed by atoms with Gasteiger partial charge in [0.25, 0.3) is 0 Å². The number of aliphatic hydroxyl groups is 8. The van der Waals surface area contributed by atoms with Crippen LogP contribution in [-0.4, -0.2) is 175 Å². The van der Waals surface area contributed by atoms with E-state index in [1.165, 1.54) is 6.92 Å². The van der Waals surface area contributed by atoms with Gasteiger partial charge in [0.15, 0.2) is 24.8 Å². The number of aliphatic hydroxyl groups excluding tert-OH is 8. The molecule has 73 heavy (non-hydrogen) atoms. The Kier molecular flexibility index (Phi) is 16.3. The Morgan fingerprint density at radius 2 is 1.48 bits per heavy atom. The maximum absolute atomic E-state index is 14.0. The van der Waals surface area contributed by atoms with Crippen LogP contribution < -0.4 is 0 Å². The number of esters is 3. The summed E-state index contributed by atoms with van der Waals surface area (Å²) in [5, 5.41) is 101. The van der Waals surface area contributed by atoms with Crippen molar-refractivity contribution in [2.75, 3.05) is 19.8 Å². The monoisotopic (exact) mass is 1040 g/mol. The van der Waals surface area contributed by atoms with Crippen molar-refractivity contribution in [3.05, 3.63) is 23.3 Å². The standard InChI is InChI=1S/C53H82O20/c1-12-24(3)44(65)72-41-42(73-45(66)25(4)13-2)53(23-55)28(20-48(41,6)7)27-14-15-31-49(8)18-17-32(50(9,22-54)30(49)16-19-51(31,10)52(27,11)39(62)40(53)68-26(5)56)69-47-36(61)37(35(60)38(71-47)43(63)64)70-46-34(59)33(58)29(57)21-67-46/h12,14,25,28-42,46-47,54-55,57-62H,13,15-23H2,1-11H3,(H,63,64)/b24-12-/t25?,28-,29-,30+,31+,32-,33-,34+,35-,36+,37-,38-,39-,40+,41-,42-,46-,47+,49-,50-,51+,52-,53-/m0/s1. The molecule has 0 radical (unpaired) electrons. The SMILES string of the molecule is C/C=C(/C)C(=O)O[C@H]1[C@H](OC(=O)C(C)CC)[C@]2(CO)[C@H](OC(C)=O)[C@H](O)[C@]3(C)C(=CC[C@@H]4[C@@]5(C)CC[C@H](O[C@@H]6O[C@H](C(=O)O)[C@@H](O)[C@H](O[C@@H]7OC[C@H](O)[C@H](O)[C@H]7O)[C@H]6O)[C@@](C)(CO)[C@@H]5CC[C@]43C)[C@@H]2CC1(C)C. The van der Waals surface area contributed by atoms with E-state index in [0.717, 1.165) is 5.57 Å². The molecule has 1 unspecified atom stereocenters. The molecule has 7 aliphatic rings. The molecule has 2 aliphatic heterocycles. The van der Waals surface area contributed by atoms with Gasteiger partial charge in [-0.15, -0.1) is 0 Å². The summed E-state index contributed by atoms with van der Waals surface area (Å²) in [6.07, 6.45) is -15.7. The number of rotatable bonds is 13. The molecule has 4 saturated carbocycles. The minimum atomic E-state index is -2.00. The summed E-state index contributed by atoms with van der Waals surface area (Å²) < 4.78 is 42.4. The second kappa shape index (κ2) is 20.7. The summed E-state index contributed by atoms with van der Waals surface area (Å²) in [5.41, 5.74) is -5.00. The van der Waals surface area contributed by atoms with E-state index in [2.05, 4.69) is 19.9 Å². The molecule has 0 bridgehead atoms. The van der Waals surface area contributed by atoms with Crippen molar-refractivity contribution >= 4 is 23.9 Å². The summed E-state index contributed by atoms with van der Waals surface area (Å²) in [5.74, 6) is -5.32. The molecule has 414 valence electrons. The number of carbonyl (C=O) groups excluding carboxylic acids is 3. The first-order valence-electron chi connectivity index (χ1n) is 26.0. The molecule has 2 saturated heterocycles. The van der Waals surface area contributed by atoms with Crippen LogP contribution in [0.15, 0.2) is 23.3 Å². The Morgan fingerprint density at radius 3 is 2.07 bits per heavy atom. The number of carboxylic acid groups (broad SMARTS) is 1. The van der Waals surface area contributed by atoms with Crippen molar-refractivity contribution in [1.29, 1.82) is 0 Å². The van der Waals surface area contributed by atoms with Crippen molar-refractivity contribution in [3.8, 4) is 0 Å². The van der Waals surface area contributed by atoms with Crippen LogP contribution in [0.3, 0.4) is 0 Å². The van der Waals surface area contributed by atoms with E-state index in [0.29, 0.717) is 37.7 Å². The first kappa shape index (κ1) is 57.6. The molecule has 9 N–H and O–H groups in total. The van der Waals surface area contributed by atoms with Crippen LogP contribution in [0.5, 0.6) is 0 Å². The molecule has 20 nitrogen and oxygen atoms in total. The zero-order chi connectivity index (χ0) is 54.3. The van der Waals surface area contributed by atoms with E-state index in [1.807, 2.05) is 34.6 Å². The number of carbonyl (C=O) groups is 4. The van der Waals surface area contributed by atoms with Crippen LogP contribution in [0.2, 0.25) is 0 Å². The maximum atomic E-state index is 14.0. The third-order valence-corrected chi connectivity index (χ3v) is 19.9. The van der Waals surface area contributed by atoms with Gasteiger partial charge < -0.3 is 79.1 Å². The maximum Gasteiger partial charge on any atom is 0.335 e. The van der Waals surface area contributed by atoms with Gasteiger partial charge in [0, 0.05) is 28.7 Å². The smallest absolute Gasteiger partial charge is 0.335 e. The first-order valence-corrected chi connectivity index (χ1v) is 26.0. The summed E-state index contributed by atoms with van der Waals surface area (Å²) in [6.45, 7) is 18.5. The van der Waals surface area contributed by atoms with Gasteiger partial charge in [-0.25, -0.2) is 9.59 Å². The van der Waals surface area contributed by atoms with Crippen LogP contribution in [0.4, 0.5) is 0 Å². The molecule has 0 aromatic heterocycles. The number of fused-ring (bicyclic) bond motifs is 7. The Labute approximate surface area is 427 Å². The summed E-state index contributed by atoms with van der Waals surface area (Å²) in [7, 11) is 0. The van der Waals surface area contributed by atoms with E-state index < -0.39 is 174 Å². The van der Waals surface area contributed by atoms with Crippen LogP contribution in [-0.2, 0) is 52.3 Å². The molecule has 20 heteroatoms. The third kappa shape index (κ3) is 9.01. The number of ether oxygens (including phenoxy) is 7. The van der Waals surface area contributed by atoms with E-state index in [9.17, 15) is 65.1 Å². The largest absolute Gasteiger partial charge is 0.479 e. The Bertz CT molecular complexity index is 2150. The predicted molar refractivity (Wildman–Crippen MR) is 255 cm³/mol. The molecule has 2 heterocycles. The van der Waals surface area contributed by atoms with Crippen molar-refractivity contribution < 1.29 is 98.3 Å².